The van der Waals surface area contributed by atoms with Crippen LogP contribution in [0, 0.1) is 6.92 Å². The third kappa shape index (κ3) is 5.43. The van der Waals surface area contributed by atoms with Crippen molar-refractivity contribution in [2.45, 2.75) is 71.3 Å². The molecule has 1 saturated heterocycles. The molecule has 3 heterocycles. The number of hydrogen-bond donors (Lipinski definition) is 0. The van der Waals surface area contributed by atoms with Crippen molar-refractivity contribution in [2.24, 2.45) is 0 Å². The van der Waals surface area contributed by atoms with Crippen LogP contribution in [-0.4, -0.2) is 50.5 Å². The van der Waals surface area contributed by atoms with E-state index in [1.54, 1.807) is 31.7 Å². The fourth-order valence-corrected chi connectivity index (χ4v) is 5.02. The SMILES string of the molecule is Cc1ncc(C(=O)N2CCc3cc(Cl)cc([C@@H]4CCCN4C(=O)OC(C)(C)C)c3C2)c(C(F)(F)F)n1. The van der Waals surface area contributed by atoms with Gasteiger partial charge in [0.2, 0.25) is 0 Å². The molecule has 11 heteroatoms. The Morgan fingerprint density at radius 2 is 1.89 bits per heavy atom. The highest BCUT2D eigenvalue weighted by atomic mass is 35.5. The minimum absolute atomic E-state index is 0.0664. The van der Waals surface area contributed by atoms with E-state index in [9.17, 15) is 22.8 Å². The first-order chi connectivity index (χ1) is 16.7. The van der Waals surface area contributed by atoms with E-state index in [2.05, 4.69) is 9.97 Å². The van der Waals surface area contributed by atoms with Gasteiger partial charge in [-0.3, -0.25) is 4.79 Å². The van der Waals surface area contributed by atoms with Gasteiger partial charge in [0.1, 0.15) is 11.4 Å². The highest BCUT2D eigenvalue weighted by molar-refractivity contribution is 6.30. The van der Waals surface area contributed by atoms with Crippen LogP contribution in [0.15, 0.2) is 18.3 Å². The van der Waals surface area contributed by atoms with E-state index in [0.29, 0.717) is 24.4 Å². The highest BCUT2D eigenvalue weighted by Gasteiger charge is 2.40. The summed E-state index contributed by atoms with van der Waals surface area (Å²) in [7, 11) is 0. The third-order valence-electron chi connectivity index (χ3n) is 6.28. The van der Waals surface area contributed by atoms with Crippen molar-refractivity contribution in [3.05, 3.63) is 57.1 Å². The van der Waals surface area contributed by atoms with Gasteiger partial charge in [0.25, 0.3) is 5.91 Å². The lowest BCUT2D eigenvalue weighted by molar-refractivity contribution is -0.141. The number of ether oxygens (including phenoxy) is 1. The number of carbonyl (C=O) groups is 2. The van der Waals surface area contributed by atoms with E-state index in [1.165, 1.54) is 11.8 Å². The Morgan fingerprint density at radius 1 is 1.17 bits per heavy atom. The summed E-state index contributed by atoms with van der Waals surface area (Å²) in [5, 5.41) is 0.505. The van der Waals surface area contributed by atoms with Gasteiger partial charge in [-0.05, 0) is 75.8 Å². The summed E-state index contributed by atoms with van der Waals surface area (Å²) in [6.45, 7) is 7.55. The van der Waals surface area contributed by atoms with Gasteiger partial charge in [-0.1, -0.05) is 11.6 Å². The molecule has 0 bridgehead atoms. The maximum absolute atomic E-state index is 13.6. The van der Waals surface area contributed by atoms with Crippen LogP contribution in [0.3, 0.4) is 0 Å². The van der Waals surface area contributed by atoms with Crippen molar-refractivity contribution >= 4 is 23.6 Å². The zero-order chi connectivity index (χ0) is 26.4. The van der Waals surface area contributed by atoms with Gasteiger partial charge in [0.15, 0.2) is 5.69 Å². The molecule has 2 aliphatic rings. The summed E-state index contributed by atoms with van der Waals surface area (Å²) in [6, 6.07) is 3.28. The molecule has 1 aromatic carbocycles. The second-order valence-electron chi connectivity index (χ2n) is 10.1. The van der Waals surface area contributed by atoms with Gasteiger partial charge >= 0.3 is 12.3 Å². The Bertz CT molecular complexity index is 1200. The molecule has 2 amide bonds. The lowest BCUT2D eigenvalue weighted by atomic mass is 9.90. The molecule has 1 fully saturated rings. The van der Waals surface area contributed by atoms with Crippen LogP contribution in [0.2, 0.25) is 5.02 Å². The normalized spacial score (nSPS) is 18.3. The lowest BCUT2D eigenvalue weighted by Crippen LogP contribution is -2.39. The average Bonchev–Trinajstić information content (AvgIpc) is 3.26. The standard InChI is InChI=1S/C25H28ClF3N4O3/c1-14-30-12-18(21(31-14)25(27,28)29)22(34)32-9-7-15-10-16(26)11-17(19(15)13-32)20-6-5-8-33(20)23(35)36-24(2,3)4/h10-12,20H,5-9,13H2,1-4H3/t20-/m0/s1. The van der Waals surface area contributed by atoms with Crippen LogP contribution in [0.1, 0.15) is 78.2 Å². The molecular weight excluding hydrogens is 497 g/mol. The van der Waals surface area contributed by atoms with Crippen molar-refractivity contribution in [3.63, 3.8) is 0 Å². The van der Waals surface area contributed by atoms with Crippen molar-refractivity contribution < 1.29 is 27.5 Å². The van der Waals surface area contributed by atoms with E-state index in [1.807, 2.05) is 6.07 Å². The number of aryl methyl sites for hydroxylation is 1. The largest absolute Gasteiger partial charge is 0.444 e. The van der Waals surface area contributed by atoms with Crippen molar-refractivity contribution in [1.82, 2.24) is 19.8 Å². The van der Waals surface area contributed by atoms with Gasteiger partial charge in [-0.25, -0.2) is 14.8 Å². The second-order valence-corrected chi connectivity index (χ2v) is 10.6. The van der Waals surface area contributed by atoms with Crippen LogP contribution in [-0.2, 0) is 23.9 Å². The monoisotopic (exact) mass is 524 g/mol. The number of carbonyl (C=O) groups excluding carboxylic acids is 2. The number of aromatic nitrogens is 2. The minimum atomic E-state index is -4.79. The molecule has 7 nitrogen and oxygen atoms in total. The minimum Gasteiger partial charge on any atom is -0.444 e. The van der Waals surface area contributed by atoms with Crippen molar-refractivity contribution in [1.29, 1.82) is 0 Å². The van der Waals surface area contributed by atoms with Gasteiger partial charge in [0.05, 0.1) is 11.6 Å². The van der Waals surface area contributed by atoms with E-state index in [0.717, 1.165) is 29.3 Å². The first kappa shape index (κ1) is 26.2. The van der Waals surface area contributed by atoms with Gasteiger partial charge in [-0.2, -0.15) is 13.2 Å². The summed E-state index contributed by atoms with van der Waals surface area (Å²) in [6.07, 6.45) is -2.42. The Labute approximate surface area is 212 Å². The molecule has 0 saturated carbocycles. The number of benzene rings is 1. The van der Waals surface area contributed by atoms with Crippen LogP contribution in [0.25, 0.3) is 0 Å². The van der Waals surface area contributed by atoms with Crippen LogP contribution >= 0.6 is 11.6 Å². The summed E-state index contributed by atoms with van der Waals surface area (Å²) in [4.78, 5) is 36.5. The van der Waals surface area contributed by atoms with E-state index in [4.69, 9.17) is 16.3 Å². The fraction of sp³-hybridized carbons (Fsp3) is 0.520. The van der Waals surface area contributed by atoms with Crippen molar-refractivity contribution in [2.75, 3.05) is 13.1 Å². The molecule has 0 aliphatic carbocycles. The molecule has 0 spiro atoms. The molecule has 2 aliphatic heterocycles. The number of likely N-dealkylation sites (tertiary alicyclic amines) is 1. The molecule has 0 unspecified atom stereocenters. The Morgan fingerprint density at radius 3 is 2.56 bits per heavy atom. The van der Waals surface area contributed by atoms with Crippen LogP contribution in [0.5, 0.6) is 0 Å². The van der Waals surface area contributed by atoms with Gasteiger partial charge in [-0.15, -0.1) is 0 Å². The Kier molecular flexibility index (Phi) is 6.94. The second kappa shape index (κ2) is 9.53. The highest BCUT2D eigenvalue weighted by Crippen LogP contribution is 2.40. The number of alkyl halides is 3. The summed E-state index contributed by atoms with van der Waals surface area (Å²) in [5.74, 6) is -0.854. The van der Waals surface area contributed by atoms with E-state index < -0.39 is 35.0 Å². The molecule has 1 aromatic heterocycles. The third-order valence-corrected chi connectivity index (χ3v) is 6.49. The topological polar surface area (TPSA) is 75.6 Å². The molecule has 36 heavy (non-hydrogen) atoms. The Hall–Kier alpha value is -2.88. The van der Waals surface area contributed by atoms with Gasteiger partial charge in [0, 0.05) is 30.9 Å². The first-order valence-corrected chi connectivity index (χ1v) is 12.1. The number of hydrogen-bond acceptors (Lipinski definition) is 5. The number of amides is 2. The number of rotatable bonds is 2. The zero-order valence-electron chi connectivity index (χ0n) is 20.6. The number of nitrogens with zero attached hydrogens (tertiary/aromatic N) is 4. The number of fused-ring (bicyclic) bond motifs is 1. The number of halogens is 4. The van der Waals surface area contributed by atoms with Crippen LogP contribution < -0.4 is 0 Å². The predicted molar refractivity (Wildman–Crippen MR) is 127 cm³/mol. The van der Waals surface area contributed by atoms with Gasteiger partial charge < -0.3 is 14.5 Å². The molecule has 0 radical (unpaired) electrons. The summed E-state index contributed by atoms with van der Waals surface area (Å²) >= 11 is 6.42. The lowest BCUT2D eigenvalue weighted by Gasteiger charge is -2.34. The smallest absolute Gasteiger partial charge is 0.434 e. The fourth-order valence-electron chi connectivity index (χ4n) is 4.77. The van der Waals surface area contributed by atoms with Crippen LogP contribution in [0.4, 0.5) is 18.0 Å². The molecule has 2 aromatic rings. The molecule has 0 N–H and O–H groups in total. The quantitative estimate of drug-likeness (QED) is 0.501. The Balaban J connectivity index is 1.67. The molecule has 4 rings (SSSR count). The molecule has 194 valence electrons. The average molecular weight is 525 g/mol. The zero-order valence-corrected chi connectivity index (χ0v) is 21.3. The summed E-state index contributed by atoms with van der Waals surface area (Å²) < 4.78 is 46.4. The van der Waals surface area contributed by atoms with Crippen molar-refractivity contribution in [3.8, 4) is 0 Å². The first-order valence-electron chi connectivity index (χ1n) is 11.8. The predicted octanol–water partition coefficient (Wildman–Crippen LogP) is 5.73. The molecular formula is C25H28ClF3N4O3. The van der Waals surface area contributed by atoms with E-state index >= 15 is 0 Å². The van der Waals surface area contributed by atoms with E-state index in [-0.39, 0.29) is 25.0 Å². The maximum atomic E-state index is 13.6. The summed E-state index contributed by atoms with van der Waals surface area (Å²) in [5.41, 5.74) is 0.00904. The maximum Gasteiger partial charge on any atom is 0.434 e. The molecule has 1 atom stereocenters.